The molecule has 0 amide bonds. The van der Waals surface area contributed by atoms with Gasteiger partial charge in [-0.1, -0.05) is 48.5 Å². The van der Waals surface area contributed by atoms with Crippen molar-refractivity contribution in [1.82, 2.24) is 0 Å². The second kappa shape index (κ2) is 5.76. The molecule has 0 bridgehead atoms. The van der Waals surface area contributed by atoms with E-state index in [2.05, 4.69) is 12.1 Å². The molecule has 100 valence electrons. The lowest BCUT2D eigenvalue weighted by Gasteiger charge is -2.08. The minimum Gasteiger partial charge on any atom is -0.489 e. The van der Waals surface area contributed by atoms with Gasteiger partial charge in [-0.15, -0.1) is 0 Å². The van der Waals surface area contributed by atoms with Gasteiger partial charge in [0.25, 0.3) is 0 Å². The molecule has 1 N–H and O–H groups in total. The Labute approximate surface area is 118 Å². The second-order valence-electron chi connectivity index (χ2n) is 4.78. The lowest BCUT2D eigenvalue weighted by Crippen LogP contribution is -1.94. The molecule has 0 aliphatic rings. The third kappa shape index (κ3) is 2.81. The number of hydrogen-bond donors (Lipinski definition) is 1. The van der Waals surface area contributed by atoms with Crippen LogP contribution in [0.3, 0.4) is 0 Å². The van der Waals surface area contributed by atoms with Gasteiger partial charge in [0.05, 0.1) is 6.61 Å². The predicted octanol–water partition coefficient (Wildman–Crippen LogP) is 3.91. The van der Waals surface area contributed by atoms with Crippen LogP contribution in [0.25, 0.3) is 10.8 Å². The Kier molecular flexibility index (Phi) is 3.66. The van der Waals surface area contributed by atoms with Crippen LogP contribution in [0.5, 0.6) is 5.75 Å². The Morgan fingerprint density at radius 2 is 1.50 bits per heavy atom. The maximum absolute atomic E-state index is 9.14. The molecular weight excluding hydrogens is 248 g/mol. The van der Waals surface area contributed by atoms with Gasteiger partial charge in [-0.25, -0.2) is 0 Å². The largest absolute Gasteiger partial charge is 0.489 e. The highest BCUT2D eigenvalue weighted by molar-refractivity contribution is 5.84. The van der Waals surface area contributed by atoms with Crippen molar-refractivity contribution in [3.8, 4) is 5.75 Å². The van der Waals surface area contributed by atoms with Crippen LogP contribution in [0, 0.1) is 0 Å². The van der Waals surface area contributed by atoms with Crippen molar-refractivity contribution in [2.75, 3.05) is 0 Å². The van der Waals surface area contributed by atoms with Gasteiger partial charge >= 0.3 is 0 Å². The molecule has 3 aromatic rings. The van der Waals surface area contributed by atoms with E-state index in [0.717, 1.165) is 27.6 Å². The van der Waals surface area contributed by atoms with Gasteiger partial charge in [0.1, 0.15) is 12.4 Å². The zero-order valence-electron chi connectivity index (χ0n) is 11.1. The van der Waals surface area contributed by atoms with Gasteiger partial charge in [-0.3, -0.25) is 0 Å². The molecule has 0 saturated heterocycles. The molecule has 0 atom stereocenters. The average molecular weight is 264 g/mol. The molecule has 2 nitrogen and oxygen atoms in total. The number of aliphatic hydroxyl groups is 1. The molecular formula is C18H16O2. The SMILES string of the molecule is OCc1ccc2cc(OCc3ccccc3)ccc2c1. The van der Waals surface area contributed by atoms with E-state index in [0.29, 0.717) is 6.61 Å². The first-order valence-corrected chi connectivity index (χ1v) is 6.65. The smallest absolute Gasteiger partial charge is 0.120 e. The fourth-order valence-electron chi connectivity index (χ4n) is 2.20. The minimum absolute atomic E-state index is 0.0716. The van der Waals surface area contributed by atoms with Gasteiger partial charge in [0.2, 0.25) is 0 Å². The van der Waals surface area contributed by atoms with Crippen LogP contribution in [-0.4, -0.2) is 5.11 Å². The summed E-state index contributed by atoms with van der Waals surface area (Å²) in [6.45, 7) is 0.642. The molecule has 0 radical (unpaired) electrons. The van der Waals surface area contributed by atoms with Crippen LogP contribution in [-0.2, 0) is 13.2 Å². The molecule has 0 fully saturated rings. The third-order valence-corrected chi connectivity index (χ3v) is 3.31. The van der Waals surface area contributed by atoms with E-state index in [9.17, 15) is 0 Å². The monoisotopic (exact) mass is 264 g/mol. The van der Waals surface area contributed by atoms with E-state index < -0.39 is 0 Å². The molecule has 0 aromatic heterocycles. The zero-order chi connectivity index (χ0) is 13.8. The maximum atomic E-state index is 9.14. The van der Waals surface area contributed by atoms with Crippen LogP contribution in [0.15, 0.2) is 66.7 Å². The van der Waals surface area contributed by atoms with Crippen molar-refractivity contribution in [1.29, 1.82) is 0 Å². The fourth-order valence-corrected chi connectivity index (χ4v) is 2.20. The van der Waals surface area contributed by atoms with Gasteiger partial charge in [-0.2, -0.15) is 0 Å². The van der Waals surface area contributed by atoms with E-state index in [1.54, 1.807) is 0 Å². The zero-order valence-corrected chi connectivity index (χ0v) is 11.1. The lowest BCUT2D eigenvalue weighted by atomic mass is 10.1. The molecule has 20 heavy (non-hydrogen) atoms. The first-order chi connectivity index (χ1) is 9.85. The molecule has 0 unspecified atom stereocenters. The summed E-state index contributed by atoms with van der Waals surface area (Å²) in [6, 6.07) is 22.1. The summed E-state index contributed by atoms with van der Waals surface area (Å²) in [6.07, 6.45) is 0. The molecule has 0 aliphatic heterocycles. The Morgan fingerprint density at radius 1 is 0.750 bits per heavy atom. The van der Waals surface area contributed by atoms with Crippen molar-refractivity contribution >= 4 is 10.8 Å². The van der Waals surface area contributed by atoms with Gasteiger partial charge < -0.3 is 9.84 Å². The third-order valence-electron chi connectivity index (χ3n) is 3.31. The van der Waals surface area contributed by atoms with Gasteiger partial charge in [0.15, 0.2) is 0 Å². The van der Waals surface area contributed by atoms with Crippen molar-refractivity contribution in [3.05, 3.63) is 77.9 Å². The summed E-state index contributed by atoms with van der Waals surface area (Å²) in [7, 11) is 0. The van der Waals surface area contributed by atoms with Gasteiger partial charge in [-0.05, 0) is 40.1 Å². The Bertz CT molecular complexity index is 705. The molecule has 3 rings (SSSR count). The van der Waals surface area contributed by atoms with Crippen LogP contribution in [0.4, 0.5) is 0 Å². The molecule has 3 aromatic carbocycles. The number of aliphatic hydroxyl groups excluding tert-OH is 1. The van der Waals surface area contributed by atoms with Crippen molar-refractivity contribution in [2.45, 2.75) is 13.2 Å². The summed E-state index contributed by atoms with van der Waals surface area (Å²) >= 11 is 0. The first kappa shape index (κ1) is 12.7. The highest BCUT2D eigenvalue weighted by atomic mass is 16.5. The standard InChI is InChI=1S/C18H16O2/c19-12-15-6-7-17-11-18(9-8-16(17)10-15)20-13-14-4-2-1-3-5-14/h1-11,19H,12-13H2. The van der Waals surface area contributed by atoms with Crippen molar-refractivity contribution < 1.29 is 9.84 Å². The highest BCUT2D eigenvalue weighted by Crippen LogP contribution is 2.22. The van der Waals surface area contributed by atoms with Crippen LogP contribution < -0.4 is 4.74 Å². The number of fused-ring (bicyclic) bond motifs is 1. The average Bonchev–Trinajstić information content (AvgIpc) is 2.53. The molecule has 0 heterocycles. The van der Waals surface area contributed by atoms with E-state index in [1.165, 1.54) is 0 Å². The van der Waals surface area contributed by atoms with E-state index >= 15 is 0 Å². The topological polar surface area (TPSA) is 29.5 Å². The van der Waals surface area contributed by atoms with Crippen LogP contribution in [0.1, 0.15) is 11.1 Å². The van der Waals surface area contributed by atoms with Crippen molar-refractivity contribution in [3.63, 3.8) is 0 Å². The van der Waals surface area contributed by atoms with Crippen molar-refractivity contribution in [2.24, 2.45) is 0 Å². The maximum Gasteiger partial charge on any atom is 0.120 e. The van der Waals surface area contributed by atoms with E-state index in [4.69, 9.17) is 9.84 Å². The Hall–Kier alpha value is -2.32. The normalized spacial score (nSPS) is 10.7. The molecule has 0 aliphatic carbocycles. The predicted molar refractivity (Wildman–Crippen MR) is 80.6 cm³/mol. The second-order valence-corrected chi connectivity index (χ2v) is 4.78. The summed E-state index contributed by atoms with van der Waals surface area (Å²) in [5, 5.41) is 11.4. The number of ether oxygens (including phenoxy) is 1. The quantitative estimate of drug-likeness (QED) is 0.774. The fraction of sp³-hybridized carbons (Fsp3) is 0.111. The van der Waals surface area contributed by atoms with E-state index in [-0.39, 0.29) is 6.61 Å². The number of hydrogen-bond acceptors (Lipinski definition) is 2. The first-order valence-electron chi connectivity index (χ1n) is 6.65. The molecule has 2 heteroatoms. The summed E-state index contributed by atoms with van der Waals surface area (Å²) < 4.78 is 5.81. The Morgan fingerprint density at radius 3 is 2.30 bits per heavy atom. The summed E-state index contributed by atoms with van der Waals surface area (Å²) in [5.41, 5.74) is 2.08. The molecule has 0 saturated carbocycles. The summed E-state index contributed by atoms with van der Waals surface area (Å²) in [5.74, 6) is 0.859. The number of benzene rings is 3. The summed E-state index contributed by atoms with van der Waals surface area (Å²) in [4.78, 5) is 0. The minimum atomic E-state index is 0.0716. The van der Waals surface area contributed by atoms with Crippen LogP contribution in [0.2, 0.25) is 0 Å². The van der Waals surface area contributed by atoms with Gasteiger partial charge in [0, 0.05) is 0 Å². The lowest BCUT2D eigenvalue weighted by molar-refractivity contribution is 0.282. The van der Waals surface area contributed by atoms with E-state index in [1.807, 2.05) is 54.6 Å². The highest BCUT2D eigenvalue weighted by Gasteiger charge is 2.00. The van der Waals surface area contributed by atoms with Crippen LogP contribution >= 0.6 is 0 Å². The molecule has 0 spiro atoms. The number of rotatable bonds is 4. The Balaban J connectivity index is 1.79.